The Morgan fingerprint density at radius 2 is 1.06 bits per heavy atom. The predicted molar refractivity (Wildman–Crippen MR) is 136 cm³/mol. The average molecular weight is 485 g/mol. The average Bonchev–Trinajstić information content (AvgIpc) is 2.72. The van der Waals surface area contributed by atoms with Crippen LogP contribution < -0.4 is 6.15 Å². The third-order valence-electron chi connectivity index (χ3n) is 4.90. The summed E-state index contributed by atoms with van der Waals surface area (Å²) < 4.78 is 0. The summed E-state index contributed by atoms with van der Waals surface area (Å²) in [5.41, 5.74) is 0. The Kier molecular flexibility index (Phi) is 48.8. The molecule has 0 amide bonds. The molecule has 0 aliphatic heterocycles. The lowest BCUT2D eigenvalue weighted by Crippen LogP contribution is -2.32. The van der Waals surface area contributed by atoms with Crippen LogP contribution in [0.5, 0.6) is 0 Å². The van der Waals surface area contributed by atoms with E-state index in [2.05, 4.69) is 19.1 Å². The molecule has 0 saturated heterocycles. The molecule has 0 aromatic carbocycles. The molecule has 204 valence electrons. The van der Waals surface area contributed by atoms with Gasteiger partial charge in [-0.05, 0) is 32.1 Å². The number of rotatable bonds is 21. The second-order valence-electron chi connectivity index (χ2n) is 7.74. The van der Waals surface area contributed by atoms with Gasteiger partial charge in [0.05, 0.1) is 19.8 Å². The fourth-order valence-electron chi connectivity index (χ4n) is 3.11. The van der Waals surface area contributed by atoms with Crippen molar-refractivity contribution in [1.29, 1.82) is 0 Å². The van der Waals surface area contributed by atoms with E-state index in [0.29, 0.717) is 26.1 Å². The Morgan fingerprint density at radius 3 is 1.42 bits per heavy atom. The molecule has 0 radical (unpaired) electrons. The van der Waals surface area contributed by atoms with Gasteiger partial charge in [0.15, 0.2) is 0 Å². The highest BCUT2D eigenvalue weighted by molar-refractivity contribution is 5.66. The third kappa shape index (κ3) is 41.7. The summed E-state index contributed by atoms with van der Waals surface area (Å²) in [6.45, 7) is 4.01. The van der Waals surface area contributed by atoms with Crippen molar-refractivity contribution in [1.82, 2.24) is 11.1 Å². The Morgan fingerprint density at radius 1 is 0.697 bits per heavy atom. The second kappa shape index (κ2) is 38.2. The molecule has 11 N–H and O–H groups in total. The Balaban J connectivity index is -0.000000173. The molecule has 0 aromatic heterocycles. The van der Waals surface area contributed by atoms with Gasteiger partial charge < -0.3 is 37.5 Å². The van der Waals surface area contributed by atoms with E-state index < -0.39 is 5.97 Å². The first-order chi connectivity index (χ1) is 14.6. The molecule has 0 spiro atoms. The topological polar surface area (TPSA) is 199 Å². The van der Waals surface area contributed by atoms with E-state index in [1.807, 2.05) is 0 Å². The number of quaternary nitrogens is 1. The summed E-state index contributed by atoms with van der Waals surface area (Å²) in [5.74, 6) is -0.664. The zero-order valence-electron chi connectivity index (χ0n) is 21.4. The van der Waals surface area contributed by atoms with Crippen molar-refractivity contribution in [2.75, 3.05) is 39.5 Å². The molecule has 0 heterocycles. The van der Waals surface area contributed by atoms with Gasteiger partial charge in [-0.15, -0.1) is 0 Å². The molecular formula is C24H56N2O7. The van der Waals surface area contributed by atoms with Crippen LogP contribution in [0.3, 0.4) is 0 Å². The molecule has 0 bridgehead atoms. The van der Waals surface area contributed by atoms with Crippen LogP contribution in [-0.2, 0) is 4.79 Å². The van der Waals surface area contributed by atoms with Gasteiger partial charge >= 0.3 is 5.97 Å². The van der Waals surface area contributed by atoms with Gasteiger partial charge in [0.2, 0.25) is 0 Å². The summed E-state index contributed by atoms with van der Waals surface area (Å²) in [7, 11) is 0. The van der Waals surface area contributed by atoms with Gasteiger partial charge in [-0.1, -0.05) is 70.4 Å². The molecule has 0 aromatic rings. The highest BCUT2D eigenvalue weighted by Gasteiger charge is 2.00. The fraction of sp³-hybridized carbons (Fsp3) is 0.875. The monoisotopic (exact) mass is 484 g/mol. The molecule has 9 nitrogen and oxygen atoms in total. The number of hydrogen-bond donors (Lipinski definition) is 5. The molecule has 33 heavy (non-hydrogen) atoms. The molecule has 0 unspecified atom stereocenters. The second-order valence-corrected chi connectivity index (χ2v) is 7.74. The largest absolute Gasteiger partial charge is 0.870 e. The van der Waals surface area contributed by atoms with E-state index >= 15 is 0 Å². The van der Waals surface area contributed by atoms with Crippen molar-refractivity contribution in [3.8, 4) is 0 Å². The summed E-state index contributed by atoms with van der Waals surface area (Å²) >= 11 is 0. The Labute approximate surface area is 202 Å². The van der Waals surface area contributed by atoms with E-state index in [-0.39, 0.29) is 36.9 Å². The first-order valence-corrected chi connectivity index (χ1v) is 12.0. The number of allylic oxidation sites excluding steroid dienone is 2. The van der Waals surface area contributed by atoms with Crippen LogP contribution in [0.4, 0.5) is 0 Å². The normalized spacial score (nSPS) is 10.1. The number of aliphatic hydroxyl groups excluding tert-OH is 3. The fourth-order valence-corrected chi connectivity index (χ4v) is 3.11. The van der Waals surface area contributed by atoms with Gasteiger partial charge in [0.1, 0.15) is 0 Å². The number of aliphatic carboxylic acids is 1. The van der Waals surface area contributed by atoms with E-state index in [1.54, 1.807) is 4.90 Å². The quantitative estimate of drug-likeness (QED) is 0.120. The highest BCUT2D eigenvalue weighted by Crippen LogP contribution is 2.09. The Bertz CT molecular complexity index is 358. The van der Waals surface area contributed by atoms with Gasteiger partial charge in [-0.25, -0.2) is 0 Å². The van der Waals surface area contributed by atoms with Gasteiger partial charge in [-0.3, -0.25) is 9.69 Å². The summed E-state index contributed by atoms with van der Waals surface area (Å²) in [5, 5.41) is 34.0. The minimum atomic E-state index is -0.664. The molecule has 9 heteroatoms. The summed E-state index contributed by atoms with van der Waals surface area (Å²) in [4.78, 5) is 12.1. The molecule has 0 aliphatic rings. The SMILES string of the molecule is CCCCCCCC/C=C\CCCCCCCC(=O)O.O.OCCN(CCO)CCO.[NH4+].[OH-]. The molecular weight excluding hydrogens is 428 g/mol. The standard InChI is InChI=1S/C18H34O2.C6H15NO3.H3N.2H2O/c1-2-3-4-5-6-7-8-9-10-11-12-13-14-15-16-17-18(19)20;8-4-1-7(2-5-9)3-6-10;;;/h9-10H,2-8,11-17H2,1H3,(H,19,20);8-10H,1-6H2;1H3;2*1H2/b10-9-;;;;. The van der Waals surface area contributed by atoms with Crippen molar-refractivity contribution in [3.05, 3.63) is 12.2 Å². The van der Waals surface area contributed by atoms with Crippen LogP contribution in [-0.4, -0.2) is 81.7 Å². The maximum absolute atomic E-state index is 10.3. The molecule has 0 saturated carbocycles. The van der Waals surface area contributed by atoms with Gasteiger partial charge in [0, 0.05) is 26.1 Å². The van der Waals surface area contributed by atoms with Gasteiger partial charge in [0.25, 0.3) is 0 Å². The van der Waals surface area contributed by atoms with Crippen molar-refractivity contribution in [2.24, 2.45) is 0 Å². The number of hydrogen-bond acceptors (Lipinski definition) is 6. The zero-order chi connectivity index (χ0) is 22.7. The van der Waals surface area contributed by atoms with Crippen LogP contribution in [0.2, 0.25) is 0 Å². The lowest BCUT2D eigenvalue weighted by Gasteiger charge is -2.17. The highest BCUT2D eigenvalue weighted by atomic mass is 16.4. The smallest absolute Gasteiger partial charge is 0.303 e. The third-order valence-corrected chi connectivity index (χ3v) is 4.90. The molecule has 0 fully saturated rings. The minimum absolute atomic E-state index is 0. The molecule has 0 rings (SSSR count). The number of nitrogens with zero attached hydrogens (tertiary/aromatic N) is 1. The number of carbonyl (C=O) groups is 1. The minimum Gasteiger partial charge on any atom is -0.870 e. The maximum Gasteiger partial charge on any atom is 0.303 e. The lowest BCUT2D eigenvalue weighted by atomic mass is 10.1. The van der Waals surface area contributed by atoms with Gasteiger partial charge in [-0.2, -0.15) is 0 Å². The van der Waals surface area contributed by atoms with Crippen LogP contribution in [0, 0.1) is 0 Å². The van der Waals surface area contributed by atoms with E-state index in [0.717, 1.165) is 12.8 Å². The van der Waals surface area contributed by atoms with Crippen molar-refractivity contribution >= 4 is 5.97 Å². The zero-order valence-corrected chi connectivity index (χ0v) is 21.4. The van der Waals surface area contributed by atoms with Crippen LogP contribution in [0.15, 0.2) is 12.2 Å². The summed E-state index contributed by atoms with van der Waals surface area (Å²) in [6, 6.07) is 0. The lowest BCUT2D eigenvalue weighted by molar-refractivity contribution is -0.137. The van der Waals surface area contributed by atoms with Crippen LogP contribution >= 0.6 is 0 Å². The van der Waals surface area contributed by atoms with Crippen LogP contribution in [0.25, 0.3) is 0 Å². The first-order valence-electron chi connectivity index (χ1n) is 12.0. The number of unbranched alkanes of at least 4 members (excludes halogenated alkanes) is 11. The Hall–Kier alpha value is -1.07. The van der Waals surface area contributed by atoms with Crippen molar-refractivity contribution in [2.45, 2.75) is 96.8 Å². The van der Waals surface area contributed by atoms with Crippen molar-refractivity contribution in [3.63, 3.8) is 0 Å². The predicted octanol–water partition coefficient (Wildman–Crippen LogP) is 3.75. The molecule has 0 atom stereocenters. The van der Waals surface area contributed by atoms with E-state index in [1.165, 1.54) is 70.6 Å². The number of carboxylic acids is 1. The van der Waals surface area contributed by atoms with E-state index in [4.69, 9.17) is 20.4 Å². The number of aliphatic hydroxyl groups is 3. The van der Waals surface area contributed by atoms with Crippen LogP contribution in [0.1, 0.15) is 96.8 Å². The van der Waals surface area contributed by atoms with E-state index in [9.17, 15) is 4.79 Å². The first kappa shape index (κ1) is 42.1. The number of carboxylic acid groups (broad SMARTS) is 1. The molecule has 0 aliphatic carbocycles. The maximum atomic E-state index is 10.3. The van der Waals surface area contributed by atoms with Crippen molar-refractivity contribution < 1.29 is 36.2 Å². The summed E-state index contributed by atoms with van der Waals surface area (Å²) in [6.07, 6.45) is 21.2.